The minimum Gasteiger partial charge on any atom is -0.445 e. The zero-order chi connectivity index (χ0) is 32.3. The molecule has 1 aliphatic rings. The molecule has 1 unspecified atom stereocenters. The molecule has 0 aliphatic carbocycles. The van der Waals surface area contributed by atoms with Crippen LogP contribution < -0.4 is 4.90 Å². The molecular formula is C32H40N8O3S2Si. The molecule has 1 fully saturated rings. The number of benzene rings is 1. The van der Waals surface area contributed by atoms with E-state index in [1.807, 2.05) is 67.4 Å². The third kappa shape index (κ3) is 7.80. The van der Waals surface area contributed by atoms with Gasteiger partial charge in [0.1, 0.15) is 29.2 Å². The quantitative estimate of drug-likeness (QED) is 0.0608. The first-order chi connectivity index (χ1) is 22.1. The molecule has 1 amide bonds. The van der Waals surface area contributed by atoms with Gasteiger partial charge in [-0.25, -0.2) is 9.78 Å². The molecular weight excluding hydrogens is 637 g/mol. The van der Waals surface area contributed by atoms with Crippen LogP contribution in [0.2, 0.25) is 25.7 Å². The van der Waals surface area contributed by atoms with Gasteiger partial charge in [0.2, 0.25) is 0 Å². The summed E-state index contributed by atoms with van der Waals surface area (Å²) in [6.45, 7) is 11.6. The summed E-state index contributed by atoms with van der Waals surface area (Å²) in [6.07, 6.45) is 6.21. The molecule has 1 aliphatic heterocycles. The van der Waals surface area contributed by atoms with E-state index in [1.165, 1.54) is 11.5 Å². The van der Waals surface area contributed by atoms with Crippen molar-refractivity contribution in [2.75, 3.05) is 31.3 Å². The monoisotopic (exact) mass is 676 g/mol. The highest BCUT2D eigenvalue weighted by Gasteiger charge is 2.30. The number of thioether (sulfide) groups is 1. The number of ether oxygens (including phenoxy) is 2. The van der Waals surface area contributed by atoms with Crippen molar-refractivity contribution in [1.82, 2.24) is 33.7 Å². The lowest BCUT2D eigenvalue weighted by atomic mass is 10.2. The standard InChI is InChI=1S/C32H40N8O3S2Si/c1-23-15-30(45-36-23)39(22-42-13-14-46(3,4)5)29-16-28(35-31-27(18-34-40(29)31)25-17-33-37(2)19-25)44-26-11-12-38(20-26)32(41)43-21-24-9-7-6-8-10-24/h6-10,15-19,26H,11-14,20-22H2,1-5H3. The Labute approximate surface area is 278 Å². The first kappa shape index (κ1) is 32.2. The summed E-state index contributed by atoms with van der Waals surface area (Å²) in [7, 11) is 0.645. The number of nitrogens with zero attached hydrogens (tertiary/aromatic N) is 8. The number of rotatable bonds is 12. The molecule has 46 heavy (non-hydrogen) atoms. The highest BCUT2D eigenvalue weighted by molar-refractivity contribution is 7.99. The van der Waals surface area contributed by atoms with Crippen molar-refractivity contribution < 1.29 is 14.3 Å². The van der Waals surface area contributed by atoms with Crippen LogP contribution in [0.15, 0.2) is 66.1 Å². The van der Waals surface area contributed by atoms with E-state index in [2.05, 4.69) is 46.1 Å². The van der Waals surface area contributed by atoms with Gasteiger partial charge in [-0.3, -0.25) is 9.58 Å². The summed E-state index contributed by atoms with van der Waals surface area (Å²) in [5.74, 6) is 0.844. The van der Waals surface area contributed by atoms with Crippen LogP contribution in [0.5, 0.6) is 0 Å². The number of anilines is 2. The van der Waals surface area contributed by atoms with Crippen LogP contribution in [0.3, 0.4) is 0 Å². The van der Waals surface area contributed by atoms with E-state index in [0.29, 0.717) is 26.4 Å². The Hall–Kier alpha value is -3.72. The van der Waals surface area contributed by atoms with Gasteiger partial charge in [-0.05, 0) is 42.6 Å². The summed E-state index contributed by atoms with van der Waals surface area (Å²) in [5, 5.41) is 11.2. The molecule has 1 atom stereocenters. The maximum Gasteiger partial charge on any atom is 0.410 e. The van der Waals surface area contributed by atoms with Gasteiger partial charge in [0.15, 0.2) is 5.65 Å². The van der Waals surface area contributed by atoms with Gasteiger partial charge in [0, 0.05) is 63.5 Å². The van der Waals surface area contributed by atoms with Gasteiger partial charge in [0.05, 0.1) is 18.1 Å². The van der Waals surface area contributed by atoms with Gasteiger partial charge >= 0.3 is 6.09 Å². The molecule has 4 aromatic heterocycles. The third-order valence-electron chi connectivity index (χ3n) is 7.72. The average molecular weight is 677 g/mol. The summed E-state index contributed by atoms with van der Waals surface area (Å²) in [5.41, 5.74) is 4.50. The highest BCUT2D eigenvalue weighted by Crippen LogP contribution is 2.37. The molecule has 242 valence electrons. The van der Waals surface area contributed by atoms with Crippen molar-refractivity contribution in [3.05, 3.63) is 72.3 Å². The number of carbonyl (C=O) groups is 1. The number of amides is 1. The number of aromatic nitrogens is 6. The largest absolute Gasteiger partial charge is 0.445 e. The fourth-order valence-corrected chi connectivity index (χ4v) is 7.81. The Morgan fingerprint density at radius 1 is 1.15 bits per heavy atom. The van der Waals surface area contributed by atoms with Crippen molar-refractivity contribution in [3.63, 3.8) is 0 Å². The van der Waals surface area contributed by atoms with E-state index in [-0.39, 0.29) is 18.0 Å². The van der Waals surface area contributed by atoms with E-state index >= 15 is 0 Å². The first-order valence-corrected chi connectivity index (χ1v) is 20.8. The molecule has 0 spiro atoms. The topological polar surface area (TPSA) is 103 Å². The van der Waals surface area contributed by atoms with Crippen LogP contribution in [0.25, 0.3) is 16.8 Å². The van der Waals surface area contributed by atoms with Crippen molar-refractivity contribution in [2.24, 2.45) is 7.05 Å². The van der Waals surface area contributed by atoms with Crippen molar-refractivity contribution in [3.8, 4) is 11.1 Å². The number of carbonyl (C=O) groups excluding carboxylic acids is 1. The van der Waals surface area contributed by atoms with Gasteiger partial charge < -0.3 is 14.4 Å². The Kier molecular flexibility index (Phi) is 9.77. The molecule has 0 radical (unpaired) electrons. The third-order valence-corrected chi connectivity index (χ3v) is 11.5. The Balaban J connectivity index is 1.28. The smallest absolute Gasteiger partial charge is 0.410 e. The van der Waals surface area contributed by atoms with Crippen LogP contribution >= 0.6 is 23.3 Å². The van der Waals surface area contributed by atoms with Crippen LogP contribution in [-0.2, 0) is 23.1 Å². The predicted molar refractivity (Wildman–Crippen MR) is 186 cm³/mol. The second-order valence-corrected chi connectivity index (χ2v) is 20.5. The number of likely N-dealkylation sites (tertiary alicyclic amines) is 1. The minimum atomic E-state index is -1.26. The predicted octanol–water partition coefficient (Wildman–Crippen LogP) is 6.85. The zero-order valence-corrected chi connectivity index (χ0v) is 29.6. The van der Waals surface area contributed by atoms with Crippen molar-refractivity contribution in [1.29, 1.82) is 0 Å². The lowest BCUT2D eigenvalue weighted by Crippen LogP contribution is -2.29. The number of aryl methyl sites for hydroxylation is 2. The van der Waals surface area contributed by atoms with Gasteiger partial charge in [-0.15, -0.1) is 11.8 Å². The van der Waals surface area contributed by atoms with E-state index < -0.39 is 8.07 Å². The highest BCUT2D eigenvalue weighted by atomic mass is 32.2. The summed E-state index contributed by atoms with van der Waals surface area (Å²) in [4.78, 5) is 21.9. The fourth-order valence-electron chi connectivity index (χ4n) is 5.17. The Morgan fingerprint density at radius 3 is 2.70 bits per heavy atom. The van der Waals surface area contributed by atoms with E-state index in [0.717, 1.165) is 56.3 Å². The average Bonchev–Trinajstić information content (AvgIpc) is 3.84. The number of hydrogen-bond acceptors (Lipinski definition) is 10. The number of hydrogen-bond donors (Lipinski definition) is 0. The summed E-state index contributed by atoms with van der Waals surface area (Å²) >= 11 is 3.12. The van der Waals surface area contributed by atoms with Gasteiger partial charge in [0.25, 0.3) is 0 Å². The molecule has 5 aromatic rings. The molecule has 1 saturated heterocycles. The van der Waals surface area contributed by atoms with Crippen LogP contribution in [-0.4, -0.2) is 79.5 Å². The molecule has 0 bridgehead atoms. The fraction of sp³-hybridized carbons (Fsp3) is 0.406. The summed E-state index contributed by atoms with van der Waals surface area (Å²) in [6, 6.07) is 15.0. The molecule has 0 saturated carbocycles. The minimum absolute atomic E-state index is 0.170. The molecule has 11 nitrogen and oxygen atoms in total. The second kappa shape index (κ2) is 14.0. The lowest BCUT2D eigenvalue weighted by Gasteiger charge is -2.25. The van der Waals surface area contributed by atoms with Crippen LogP contribution in [0.4, 0.5) is 15.6 Å². The van der Waals surface area contributed by atoms with Crippen LogP contribution in [0.1, 0.15) is 17.7 Å². The maximum absolute atomic E-state index is 12.9. The molecule has 0 N–H and O–H groups in total. The van der Waals surface area contributed by atoms with E-state index in [4.69, 9.17) is 19.6 Å². The maximum atomic E-state index is 12.9. The van der Waals surface area contributed by atoms with Crippen molar-refractivity contribution >= 4 is 53.9 Å². The molecule has 1 aromatic carbocycles. The Bertz CT molecular complexity index is 1780. The SMILES string of the molecule is Cc1cc(N(COCC[Si](C)(C)C)c2cc(SC3CCN(C(=O)OCc4ccccc4)C3)nc3c(-c4cnn(C)c4)cnn23)sn1. The summed E-state index contributed by atoms with van der Waals surface area (Å²) < 4.78 is 20.1. The lowest BCUT2D eigenvalue weighted by molar-refractivity contribution is 0.104. The van der Waals surface area contributed by atoms with Crippen molar-refractivity contribution in [2.45, 2.75) is 55.9 Å². The Morgan fingerprint density at radius 2 is 1.98 bits per heavy atom. The normalized spacial score (nSPS) is 15.2. The molecule has 14 heteroatoms. The van der Waals surface area contributed by atoms with E-state index in [9.17, 15) is 4.79 Å². The van der Waals surface area contributed by atoms with Crippen LogP contribution in [0, 0.1) is 6.92 Å². The van der Waals surface area contributed by atoms with E-state index in [1.54, 1.807) is 21.3 Å². The molecule has 6 rings (SSSR count). The zero-order valence-electron chi connectivity index (χ0n) is 26.9. The molecule has 5 heterocycles. The van der Waals surface area contributed by atoms with Gasteiger partial charge in [-0.1, -0.05) is 50.0 Å². The van der Waals surface area contributed by atoms with Gasteiger partial charge in [-0.2, -0.15) is 19.1 Å². The first-order valence-electron chi connectivity index (χ1n) is 15.4. The second-order valence-electron chi connectivity index (χ2n) is 12.7. The number of fused-ring (bicyclic) bond motifs is 1.